The molecule has 0 atom stereocenters. The van der Waals surface area contributed by atoms with E-state index < -0.39 is 0 Å². The van der Waals surface area contributed by atoms with Crippen LogP contribution in [-0.4, -0.2) is 49.4 Å². The van der Waals surface area contributed by atoms with E-state index in [0.29, 0.717) is 37.2 Å². The van der Waals surface area contributed by atoms with E-state index in [1.54, 1.807) is 19.3 Å². The molecule has 6 nitrogen and oxygen atoms in total. The first-order chi connectivity index (χ1) is 10.6. The first-order valence-electron chi connectivity index (χ1n) is 6.98. The molecule has 1 N–H and O–H groups in total. The zero-order valence-corrected chi connectivity index (χ0v) is 12.4. The van der Waals surface area contributed by atoms with E-state index in [-0.39, 0.29) is 23.3 Å². The fourth-order valence-electron chi connectivity index (χ4n) is 2.27. The van der Waals surface area contributed by atoms with Crippen LogP contribution in [-0.2, 0) is 4.74 Å². The summed E-state index contributed by atoms with van der Waals surface area (Å²) in [4.78, 5) is 37.6. The number of imide groups is 1. The number of nitrogens with one attached hydrogen (secondary N) is 1. The third kappa shape index (κ3) is 3.07. The van der Waals surface area contributed by atoms with Crippen LogP contribution in [0.1, 0.15) is 37.5 Å². The molecule has 0 spiro atoms. The Kier molecular flexibility index (Phi) is 5.06. The van der Waals surface area contributed by atoms with Gasteiger partial charge in [-0.2, -0.15) is 0 Å². The maximum absolute atomic E-state index is 12.3. The Bertz CT molecular complexity index is 625. The molecule has 1 aliphatic heterocycles. The molecule has 1 aromatic carbocycles. The summed E-state index contributed by atoms with van der Waals surface area (Å²) in [5.74, 6) is -0.996. The zero-order valence-electron chi connectivity index (χ0n) is 12.4. The SMILES string of the molecule is C=CCNC(=O)c1ccc2c(c1)C(=O)N(CCCOC)C2=O. The molecule has 6 heteroatoms. The highest BCUT2D eigenvalue weighted by molar-refractivity contribution is 6.22. The summed E-state index contributed by atoms with van der Waals surface area (Å²) in [6.45, 7) is 4.64. The predicted molar refractivity (Wildman–Crippen MR) is 80.8 cm³/mol. The van der Waals surface area contributed by atoms with Gasteiger partial charge in [-0.1, -0.05) is 6.08 Å². The number of fused-ring (bicyclic) bond motifs is 1. The average molecular weight is 302 g/mol. The number of hydrogen-bond acceptors (Lipinski definition) is 4. The lowest BCUT2D eigenvalue weighted by atomic mass is 10.1. The Labute approximate surface area is 128 Å². The molecule has 0 saturated heterocycles. The first kappa shape index (κ1) is 15.9. The van der Waals surface area contributed by atoms with E-state index in [2.05, 4.69) is 11.9 Å². The molecule has 0 radical (unpaired) electrons. The molecule has 1 heterocycles. The zero-order chi connectivity index (χ0) is 16.1. The van der Waals surface area contributed by atoms with Gasteiger partial charge in [-0.05, 0) is 24.6 Å². The van der Waals surface area contributed by atoms with Crippen LogP contribution < -0.4 is 5.32 Å². The molecule has 2 rings (SSSR count). The summed E-state index contributed by atoms with van der Waals surface area (Å²) in [5.41, 5.74) is 0.955. The molecule has 1 aromatic rings. The molecule has 0 bridgehead atoms. The fourth-order valence-corrected chi connectivity index (χ4v) is 2.27. The minimum Gasteiger partial charge on any atom is -0.385 e. The number of carbonyl (C=O) groups excluding carboxylic acids is 3. The van der Waals surface area contributed by atoms with E-state index in [4.69, 9.17) is 4.74 Å². The highest BCUT2D eigenvalue weighted by Gasteiger charge is 2.35. The highest BCUT2D eigenvalue weighted by Crippen LogP contribution is 2.24. The van der Waals surface area contributed by atoms with Gasteiger partial charge in [0.25, 0.3) is 17.7 Å². The van der Waals surface area contributed by atoms with Gasteiger partial charge in [-0.25, -0.2) is 0 Å². The monoisotopic (exact) mass is 302 g/mol. The lowest BCUT2D eigenvalue weighted by molar-refractivity contribution is 0.0638. The number of nitrogens with zero attached hydrogens (tertiary/aromatic N) is 1. The molecule has 116 valence electrons. The Hall–Kier alpha value is -2.47. The third-order valence-corrected chi connectivity index (χ3v) is 3.37. The molecule has 0 unspecified atom stereocenters. The van der Waals surface area contributed by atoms with Gasteiger partial charge in [-0.15, -0.1) is 6.58 Å². The number of amides is 3. The van der Waals surface area contributed by atoms with Crippen LogP contribution in [0.5, 0.6) is 0 Å². The van der Waals surface area contributed by atoms with Crippen LogP contribution in [0, 0.1) is 0 Å². The number of carbonyl (C=O) groups is 3. The van der Waals surface area contributed by atoms with Gasteiger partial charge in [-0.3, -0.25) is 19.3 Å². The smallest absolute Gasteiger partial charge is 0.261 e. The second kappa shape index (κ2) is 7.00. The van der Waals surface area contributed by atoms with Crippen molar-refractivity contribution < 1.29 is 19.1 Å². The number of benzene rings is 1. The van der Waals surface area contributed by atoms with Gasteiger partial charge >= 0.3 is 0 Å². The molecule has 0 fully saturated rings. The lowest BCUT2D eigenvalue weighted by Gasteiger charge is -2.12. The van der Waals surface area contributed by atoms with Crippen molar-refractivity contribution in [2.24, 2.45) is 0 Å². The maximum Gasteiger partial charge on any atom is 0.261 e. The van der Waals surface area contributed by atoms with Gasteiger partial charge in [0.05, 0.1) is 11.1 Å². The first-order valence-corrected chi connectivity index (χ1v) is 6.98. The minimum absolute atomic E-state index is 0.272. The second-order valence-corrected chi connectivity index (χ2v) is 4.87. The van der Waals surface area contributed by atoms with Gasteiger partial charge in [0.2, 0.25) is 0 Å². The van der Waals surface area contributed by atoms with Crippen molar-refractivity contribution in [3.63, 3.8) is 0 Å². The van der Waals surface area contributed by atoms with Crippen molar-refractivity contribution in [3.8, 4) is 0 Å². The van der Waals surface area contributed by atoms with E-state index in [1.165, 1.54) is 17.0 Å². The van der Waals surface area contributed by atoms with Crippen LogP contribution in [0.2, 0.25) is 0 Å². The quantitative estimate of drug-likeness (QED) is 0.467. The highest BCUT2D eigenvalue weighted by atomic mass is 16.5. The second-order valence-electron chi connectivity index (χ2n) is 4.87. The summed E-state index contributed by atoms with van der Waals surface area (Å²) in [6, 6.07) is 4.53. The summed E-state index contributed by atoms with van der Waals surface area (Å²) >= 11 is 0. The molecular formula is C16H18N2O4. The molecule has 0 aromatic heterocycles. The van der Waals surface area contributed by atoms with Crippen LogP contribution in [0.3, 0.4) is 0 Å². The van der Waals surface area contributed by atoms with Gasteiger partial charge < -0.3 is 10.1 Å². The van der Waals surface area contributed by atoms with E-state index in [0.717, 1.165) is 0 Å². The van der Waals surface area contributed by atoms with Crippen molar-refractivity contribution in [2.45, 2.75) is 6.42 Å². The Morgan fingerprint density at radius 3 is 2.73 bits per heavy atom. The lowest BCUT2D eigenvalue weighted by Crippen LogP contribution is -2.31. The van der Waals surface area contributed by atoms with Gasteiger partial charge in [0.1, 0.15) is 0 Å². The predicted octanol–water partition coefficient (Wildman–Crippen LogP) is 1.23. The molecule has 1 aliphatic rings. The fraction of sp³-hybridized carbons (Fsp3) is 0.312. The van der Waals surface area contributed by atoms with Crippen molar-refractivity contribution in [1.82, 2.24) is 10.2 Å². The Balaban J connectivity index is 2.18. The Morgan fingerprint density at radius 1 is 1.32 bits per heavy atom. The summed E-state index contributed by atoms with van der Waals surface area (Å²) in [5, 5.41) is 2.64. The van der Waals surface area contributed by atoms with E-state index in [9.17, 15) is 14.4 Å². The summed E-state index contributed by atoms with van der Waals surface area (Å²) in [6.07, 6.45) is 2.14. The third-order valence-electron chi connectivity index (χ3n) is 3.37. The molecule has 0 saturated carbocycles. The van der Waals surface area contributed by atoms with E-state index >= 15 is 0 Å². The van der Waals surface area contributed by atoms with Crippen LogP contribution in [0.4, 0.5) is 0 Å². The molecule has 22 heavy (non-hydrogen) atoms. The standard InChI is InChI=1S/C16H18N2O4/c1-3-7-17-14(19)11-5-6-12-13(10-11)16(21)18(15(12)20)8-4-9-22-2/h3,5-6,10H,1,4,7-9H2,2H3,(H,17,19). The number of hydrogen-bond donors (Lipinski definition) is 1. The van der Waals surface area contributed by atoms with Crippen molar-refractivity contribution in [1.29, 1.82) is 0 Å². The minimum atomic E-state index is -0.366. The molecule has 0 aliphatic carbocycles. The largest absolute Gasteiger partial charge is 0.385 e. The molecule has 3 amide bonds. The average Bonchev–Trinajstić information content (AvgIpc) is 2.77. The van der Waals surface area contributed by atoms with Crippen molar-refractivity contribution >= 4 is 17.7 Å². The van der Waals surface area contributed by atoms with E-state index in [1.807, 2.05) is 0 Å². The van der Waals surface area contributed by atoms with Crippen molar-refractivity contribution in [2.75, 3.05) is 26.8 Å². The van der Waals surface area contributed by atoms with Gasteiger partial charge in [0.15, 0.2) is 0 Å². The number of rotatable bonds is 7. The van der Waals surface area contributed by atoms with Crippen molar-refractivity contribution in [3.05, 3.63) is 47.5 Å². The summed E-state index contributed by atoms with van der Waals surface area (Å²) < 4.78 is 4.93. The topological polar surface area (TPSA) is 75.7 Å². The normalized spacial score (nSPS) is 13.2. The van der Waals surface area contributed by atoms with Crippen LogP contribution in [0.25, 0.3) is 0 Å². The Morgan fingerprint density at radius 2 is 2.05 bits per heavy atom. The number of methoxy groups -OCH3 is 1. The maximum atomic E-state index is 12.3. The van der Waals surface area contributed by atoms with Crippen LogP contribution in [0.15, 0.2) is 30.9 Å². The van der Waals surface area contributed by atoms with Gasteiger partial charge in [0, 0.05) is 32.4 Å². The summed E-state index contributed by atoms with van der Waals surface area (Å²) in [7, 11) is 1.57. The molecular weight excluding hydrogens is 284 g/mol. The number of ether oxygens (including phenoxy) is 1. The van der Waals surface area contributed by atoms with Crippen LogP contribution >= 0.6 is 0 Å².